The van der Waals surface area contributed by atoms with E-state index in [9.17, 15) is 9.59 Å². The Bertz CT molecular complexity index is 1190. The Labute approximate surface area is 194 Å². The number of carbonyl (C=O) groups is 1. The van der Waals surface area contributed by atoms with Gasteiger partial charge in [0.2, 0.25) is 0 Å². The molecule has 2 aliphatic rings. The summed E-state index contributed by atoms with van der Waals surface area (Å²) >= 11 is 0. The van der Waals surface area contributed by atoms with Crippen LogP contribution in [-0.2, 0) is 4.74 Å². The number of ether oxygens (including phenoxy) is 1. The zero-order valence-corrected chi connectivity index (χ0v) is 19.2. The van der Waals surface area contributed by atoms with Crippen LogP contribution in [0.15, 0.2) is 57.7 Å². The van der Waals surface area contributed by atoms with E-state index in [2.05, 4.69) is 4.90 Å². The molecule has 0 amide bonds. The summed E-state index contributed by atoms with van der Waals surface area (Å²) < 4.78 is 12.4. The maximum Gasteiger partial charge on any atom is 0.342 e. The Hall–Kier alpha value is -2.92. The standard InChI is InChI=1S/C28H31NO4/c1-19-25(30)21-13-10-14-22(27(21)33-26(19)20-11-4-2-5-12-20)28(31)32-24-16-7-6-15-23(24)29-17-8-3-9-18-29/h2,4-5,10-14,23-24H,3,6-9,15-18H2,1H3/t23-,24-/m0/s1. The second-order valence-electron chi connectivity index (χ2n) is 9.33. The van der Waals surface area contributed by atoms with Crippen LogP contribution in [0.25, 0.3) is 22.3 Å². The lowest BCUT2D eigenvalue weighted by molar-refractivity contribution is -0.0217. The minimum atomic E-state index is -0.402. The van der Waals surface area contributed by atoms with Crippen LogP contribution in [0, 0.1) is 6.92 Å². The third-order valence-electron chi connectivity index (χ3n) is 7.19. The SMILES string of the molecule is Cc1c(-c2ccccc2)oc2c(C(=O)O[C@H]3CCCC[C@@H]3N3CCCCC3)cccc2c1=O. The maximum atomic E-state index is 13.4. The summed E-state index contributed by atoms with van der Waals surface area (Å²) in [4.78, 5) is 29.0. The summed E-state index contributed by atoms with van der Waals surface area (Å²) in [6, 6.07) is 15.0. The fourth-order valence-corrected chi connectivity index (χ4v) is 5.42. The maximum absolute atomic E-state index is 13.4. The lowest BCUT2D eigenvalue weighted by atomic mass is 9.90. The smallest absolute Gasteiger partial charge is 0.342 e. The number of nitrogens with zero attached hydrogens (tertiary/aromatic N) is 1. The van der Waals surface area contributed by atoms with E-state index >= 15 is 0 Å². The van der Waals surface area contributed by atoms with E-state index in [1.807, 2.05) is 30.3 Å². The summed E-state index contributed by atoms with van der Waals surface area (Å²) in [5.74, 6) is 0.0951. The first-order valence-corrected chi connectivity index (χ1v) is 12.2. The first kappa shape index (κ1) is 21.9. The normalized spacial score (nSPS) is 21.7. The molecule has 172 valence electrons. The van der Waals surface area contributed by atoms with E-state index in [0.717, 1.165) is 37.9 Å². The van der Waals surface area contributed by atoms with Crippen LogP contribution in [0.3, 0.4) is 0 Å². The lowest BCUT2D eigenvalue weighted by Gasteiger charge is -2.41. The second kappa shape index (κ2) is 9.52. The molecular weight excluding hydrogens is 414 g/mol. The molecule has 2 heterocycles. The molecule has 2 fully saturated rings. The van der Waals surface area contributed by atoms with E-state index in [4.69, 9.17) is 9.15 Å². The van der Waals surface area contributed by atoms with Crippen LogP contribution < -0.4 is 5.43 Å². The number of para-hydroxylation sites is 1. The van der Waals surface area contributed by atoms with Gasteiger partial charge in [0.15, 0.2) is 11.0 Å². The molecule has 0 spiro atoms. The fraction of sp³-hybridized carbons (Fsp3) is 0.429. The van der Waals surface area contributed by atoms with E-state index < -0.39 is 5.97 Å². The highest BCUT2D eigenvalue weighted by molar-refractivity contribution is 6.02. The molecule has 1 aliphatic heterocycles. The summed E-state index contributed by atoms with van der Waals surface area (Å²) in [5, 5.41) is 0.415. The van der Waals surface area contributed by atoms with Crippen LogP contribution in [-0.4, -0.2) is 36.1 Å². The van der Waals surface area contributed by atoms with Gasteiger partial charge in [-0.25, -0.2) is 4.79 Å². The van der Waals surface area contributed by atoms with Gasteiger partial charge in [0.1, 0.15) is 17.4 Å². The molecule has 1 saturated carbocycles. The predicted octanol–water partition coefficient (Wildman–Crippen LogP) is 5.72. The van der Waals surface area contributed by atoms with E-state index in [1.54, 1.807) is 25.1 Å². The number of esters is 1. The van der Waals surface area contributed by atoms with Crippen molar-refractivity contribution in [2.24, 2.45) is 0 Å². The van der Waals surface area contributed by atoms with Crippen LogP contribution >= 0.6 is 0 Å². The van der Waals surface area contributed by atoms with Crippen molar-refractivity contribution in [3.05, 3.63) is 69.9 Å². The Morgan fingerprint density at radius 2 is 1.70 bits per heavy atom. The quantitative estimate of drug-likeness (QED) is 0.481. The van der Waals surface area contributed by atoms with Crippen LogP contribution in [0.4, 0.5) is 0 Å². The van der Waals surface area contributed by atoms with Gasteiger partial charge in [-0.3, -0.25) is 9.69 Å². The van der Waals surface area contributed by atoms with Crippen LogP contribution in [0.5, 0.6) is 0 Å². The predicted molar refractivity (Wildman–Crippen MR) is 130 cm³/mol. The number of hydrogen-bond acceptors (Lipinski definition) is 5. The third kappa shape index (κ3) is 4.34. The number of carbonyl (C=O) groups excluding carboxylic acids is 1. The average Bonchev–Trinajstić information content (AvgIpc) is 2.87. The van der Waals surface area contributed by atoms with Gasteiger partial charge >= 0.3 is 5.97 Å². The van der Waals surface area contributed by atoms with Crippen molar-refractivity contribution in [1.82, 2.24) is 4.90 Å². The van der Waals surface area contributed by atoms with Crippen molar-refractivity contribution in [3.63, 3.8) is 0 Å². The molecule has 2 aromatic carbocycles. The molecule has 0 radical (unpaired) electrons. The monoisotopic (exact) mass is 445 g/mol. The molecule has 3 aromatic rings. The Kier molecular flexibility index (Phi) is 6.32. The Morgan fingerprint density at radius 3 is 2.48 bits per heavy atom. The average molecular weight is 446 g/mol. The highest BCUT2D eigenvalue weighted by atomic mass is 16.5. The number of likely N-dealkylation sites (tertiary alicyclic amines) is 1. The first-order chi connectivity index (χ1) is 16.1. The Balaban J connectivity index is 1.49. The topological polar surface area (TPSA) is 59.8 Å². The van der Waals surface area contributed by atoms with Crippen LogP contribution in [0.2, 0.25) is 0 Å². The van der Waals surface area contributed by atoms with Gasteiger partial charge in [-0.15, -0.1) is 0 Å². The number of hydrogen-bond donors (Lipinski definition) is 0. The van der Waals surface area contributed by atoms with Gasteiger partial charge in [0.05, 0.1) is 5.39 Å². The van der Waals surface area contributed by atoms with E-state index in [-0.39, 0.29) is 17.6 Å². The zero-order valence-electron chi connectivity index (χ0n) is 19.2. The number of fused-ring (bicyclic) bond motifs is 1. The van der Waals surface area contributed by atoms with Crippen molar-refractivity contribution >= 4 is 16.9 Å². The Morgan fingerprint density at radius 1 is 0.939 bits per heavy atom. The van der Waals surface area contributed by atoms with E-state index in [0.29, 0.717) is 27.9 Å². The van der Waals surface area contributed by atoms with Crippen molar-refractivity contribution in [2.45, 2.75) is 64.0 Å². The molecule has 0 N–H and O–H groups in total. The molecule has 0 bridgehead atoms. The highest BCUT2D eigenvalue weighted by Gasteiger charge is 2.34. The van der Waals surface area contributed by atoms with Crippen LogP contribution in [0.1, 0.15) is 60.9 Å². The second-order valence-corrected chi connectivity index (χ2v) is 9.33. The number of rotatable bonds is 4. The van der Waals surface area contributed by atoms with Crippen molar-refractivity contribution in [2.75, 3.05) is 13.1 Å². The largest absolute Gasteiger partial charge is 0.457 e. The molecule has 5 heteroatoms. The van der Waals surface area contributed by atoms with Gasteiger partial charge in [-0.2, -0.15) is 0 Å². The zero-order chi connectivity index (χ0) is 22.8. The van der Waals surface area contributed by atoms with Gasteiger partial charge in [0, 0.05) is 17.2 Å². The van der Waals surface area contributed by atoms with Gasteiger partial charge in [0.25, 0.3) is 0 Å². The lowest BCUT2D eigenvalue weighted by Crippen LogP contribution is -2.49. The molecule has 1 saturated heterocycles. The molecule has 1 aliphatic carbocycles. The van der Waals surface area contributed by atoms with Gasteiger partial charge < -0.3 is 9.15 Å². The summed E-state index contributed by atoms with van der Waals surface area (Å²) in [6.07, 6.45) is 7.80. The summed E-state index contributed by atoms with van der Waals surface area (Å²) in [7, 11) is 0. The van der Waals surface area contributed by atoms with Gasteiger partial charge in [-0.1, -0.05) is 49.2 Å². The summed E-state index contributed by atoms with van der Waals surface area (Å²) in [5.41, 5.74) is 1.87. The van der Waals surface area contributed by atoms with Crippen molar-refractivity contribution in [3.8, 4) is 11.3 Å². The third-order valence-corrected chi connectivity index (χ3v) is 7.19. The molecule has 5 rings (SSSR count). The molecule has 1 aromatic heterocycles. The first-order valence-electron chi connectivity index (χ1n) is 12.2. The molecule has 33 heavy (non-hydrogen) atoms. The number of piperidine rings is 1. The minimum Gasteiger partial charge on any atom is -0.457 e. The minimum absolute atomic E-state index is 0.117. The molecule has 5 nitrogen and oxygen atoms in total. The van der Waals surface area contributed by atoms with E-state index in [1.165, 1.54) is 25.7 Å². The van der Waals surface area contributed by atoms with Crippen molar-refractivity contribution in [1.29, 1.82) is 0 Å². The molecule has 0 unspecified atom stereocenters. The number of benzene rings is 2. The molecular formula is C28H31NO4. The molecule has 2 atom stereocenters. The fourth-order valence-electron chi connectivity index (χ4n) is 5.42. The van der Waals surface area contributed by atoms with Gasteiger partial charge in [-0.05, 0) is 64.3 Å². The highest BCUT2D eigenvalue weighted by Crippen LogP contribution is 2.31. The summed E-state index contributed by atoms with van der Waals surface area (Å²) in [6.45, 7) is 3.94. The van der Waals surface area contributed by atoms with Crippen molar-refractivity contribution < 1.29 is 13.9 Å².